The molecule has 0 aromatic heterocycles. The highest BCUT2D eigenvalue weighted by Gasteiger charge is 2.13. The van der Waals surface area contributed by atoms with Crippen LogP contribution in [0.2, 0.25) is 0 Å². The number of amides is 1. The zero-order valence-electron chi connectivity index (χ0n) is 11.2. The zero-order chi connectivity index (χ0) is 13.2. The minimum atomic E-state index is -0.00400. The highest BCUT2D eigenvalue weighted by Crippen LogP contribution is 2.16. The molecular weight excluding hydrogens is 222 g/mol. The molecule has 18 heavy (non-hydrogen) atoms. The summed E-state index contributed by atoms with van der Waals surface area (Å²) in [5, 5.41) is 5.22. The van der Waals surface area contributed by atoms with Gasteiger partial charge in [-0.2, -0.15) is 0 Å². The van der Waals surface area contributed by atoms with Crippen molar-refractivity contribution in [1.29, 1.82) is 0 Å². The molecule has 0 heterocycles. The summed E-state index contributed by atoms with van der Waals surface area (Å²) in [6, 6.07) is 13.9. The van der Waals surface area contributed by atoms with Crippen molar-refractivity contribution >= 4 is 16.7 Å². The average molecular weight is 241 g/mol. The van der Waals surface area contributed by atoms with Crippen molar-refractivity contribution in [3.63, 3.8) is 0 Å². The van der Waals surface area contributed by atoms with Gasteiger partial charge in [-0.15, -0.1) is 0 Å². The molecule has 2 aromatic rings. The van der Waals surface area contributed by atoms with Crippen molar-refractivity contribution in [3.05, 3.63) is 48.0 Å². The molecule has 0 aliphatic carbocycles. The Morgan fingerprint density at radius 3 is 2.39 bits per heavy atom. The molecule has 2 nitrogen and oxygen atoms in total. The predicted octanol–water partition coefficient (Wildman–Crippen LogP) is 3.62. The van der Waals surface area contributed by atoms with Crippen molar-refractivity contribution in [1.82, 2.24) is 5.32 Å². The summed E-state index contributed by atoms with van der Waals surface area (Å²) >= 11 is 0. The van der Waals surface area contributed by atoms with Crippen LogP contribution in [0.25, 0.3) is 10.8 Å². The molecule has 2 heteroatoms. The van der Waals surface area contributed by atoms with Crippen molar-refractivity contribution in [3.8, 4) is 0 Å². The fourth-order valence-electron chi connectivity index (χ4n) is 1.78. The first kappa shape index (κ1) is 12.6. The lowest BCUT2D eigenvalue weighted by molar-refractivity contribution is 0.0939. The van der Waals surface area contributed by atoms with Gasteiger partial charge in [-0.1, -0.05) is 51.1 Å². The predicted molar refractivity (Wildman–Crippen MR) is 75.7 cm³/mol. The molecular formula is C16H19NO. The van der Waals surface area contributed by atoms with Gasteiger partial charge in [-0.3, -0.25) is 4.79 Å². The number of rotatable bonds is 2. The molecule has 0 atom stereocenters. The summed E-state index contributed by atoms with van der Waals surface area (Å²) < 4.78 is 0. The molecule has 2 aromatic carbocycles. The zero-order valence-corrected chi connectivity index (χ0v) is 11.2. The van der Waals surface area contributed by atoms with Crippen LogP contribution >= 0.6 is 0 Å². The molecule has 0 saturated heterocycles. The second-order valence-corrected chi connectivity index (χ2v) is 5.81. The van der Waals surface area contributed by atoms with E-state index in [1.807, 2.05) is 42.5 Å². The highest BCUT2D eigenvalue weighted by molar-refractivity contribution is 5.98. The Labute approximate surface area is 108 Å². The summed E-state index contributed by atoms with van der Waals surface area (Å²) in [5.74, 6) is -0.00400. The molecule has 1 amide bonds. The Morgan fingerprint density at radius 1 is 1.06 bits per heavy atom. The number of nitrogens with one attached hydrogen (secondary N) is 1. The van der Waals surface area contributed by atoms with Gasteiger partial charge in [0.05, 0.1) is 0 Å². The Kier molecular flexibility index (Phi) is 3.37. The summed E-state index contributed by atoms with van der Waals surface area (Å²) in [6.07, 6.45) is 0. The Balaban J connectivity index is 2.18. The van der Waals surface area contributed by atoms with Crippen molar-refractivity contribution in [2.24, 2.45) is 5.41 Å². The molecule has 0 fully saturated rings. The van der Waals surface area contributed by atoms with Crippen molar-refractivity contribution in [2.75, 3.05) is 6.54 Å². The fourth-order valence-corrected chi connectivity index (χ4v) is 1.78. The number of carbonyl (C=O) groups excluding carboxylic acids is 1. The maximum Gasteiger partial charge on any atom is 0.251 e. The summed E-state index contributed by atoms with van der Waals surface area (Å²) in [6.45, 7) is 6.99. The number of carbonyl (C=O) groups is 1. The van der Waals surface area contributed by atoms with E-state index >= 15 is 0 Å². The lowest BCUT2D eigenvalue weighted by Crippen LogP contribution is -2.32. The topological polar surface area (TPSA) is 29.1 Å². The maximum atomic E-state index is 12.0. The van der Waals surface area contributed by atoms with Crippen LogP contribution in [-0.2, 0) is 0 Å². The van der Waals surface area contributed by atoms with Gasteiger partial charge in [0.25, 0.3) is 5.91 Å². The van der Waals surface area contributed by atoms with Crippen LogP contribution in [0, 0.1) is 5.41 Å². The molecule has 0 radical (unpaired) electrons. The van der Waals surface area contributed by atoms with E-state index in [0.717, 1.165) is 16.3 Å². The molecule has 0 unspecified atom stereocenters. The second-order valence-electron chi connectivity index (χ2n) is 5.81. The van der Waals surface area contributed by atoms with Gasteiger partial charge in [0, 0.05) is 12.1 Å². The number of benzene rings is 2. The van der Waals surface area contributed by atoms with E-state index in [4.69, 9.17) is 0 Å². The van der Waals surface area contributed by atoms with Crippen molar-refractivity contribution < 1.29 is 4.79 Å². The van der Waals surface area contributed by atoms with Gasteiger partial charge in [0.1, 0.15) is 0 Å². The third kappa shape index (κ3) is 3.10. The lowest BCUT2D eigenvalue weighted by Gasteiger charge is -2.18. The quantitative estimate of drug-likeness (QED) is 0.855. The normalized spacial score (nSPS) is 11.5. The molecule has 2 rings (SSSR count). The van der Waals surface area contributed by atoms with Gasteiger partial charge in [-0.25, -0.2) is 0 Å². The first-order valence-corrected chi connectivity index (χ1v) is 6.23. The van der Waals surface area contributed by atoms with Crippen LogP contribution < -0.4 is 5.32 Å². The molecule has 0 saturated carbocycles. The summed E-state index contributed by atoms with van der Waals surface area (Å²) in [5.41, 5.74) is 0.824. The van der Waals surface area contributed by atoms with Crippen LogP contribution in [0.4, 0.5) is 0 Å². The van der Waals surface area contributed by atoms with Crippen molar-refractivity contribution in [2.45, 2.75) is 20.8 Å². The van der Waals surface area contributed by atoms with E-state index < -0.39 is 0 Å². The van der Waals surface area contributed by atoms with Gasteiger partial charge in [0.2, 0.25) is 0 Å². The SMILES string of the molecule is CC(C)(C)CNC(=O)c1ccc2ccccc2c1. The maximum absolute atomic E-state index is 12.0. The first-order valence-electron chi connectivity index (χ1n) is 6.23. The third-order valence-corrected chi connectivity index (χ3v) is 2.79. The standard InChI is InChI=1S/C16H19NO/c1-16(2,3)11-17-15(18)14-9-8-12-6-4-5-7-13(12)10-14/h4-10H,11H2,1-3H3,(H,17,18). The van der Waals surface area contributed by atoms with E-state index in [2.05, 4.69) is 26.1 Å². The minimum absolute atomic E-state index is 0.00400. The molecule has 0 aliphatic rings. The number of hydrogen-bond donors (Lipinski definition) is 1. The Hall–Kier alpha value is -1.83. The third-order valence-electron chi connectivity index (χ3n) is 2.79. The van der Waals surface area contributed by atoms with E-state index in [1.54, 1.807) is 0 Å². The summed E-state index contributed by atoms with van der Waals surface area (Å²) in [7, 11) is 0. The minimum Gasteiger partial charge on any atom is -0.352 e. The first-order chi connectivity index (χ1) is 8.46. The lowest BCUT2D eigenvalue weighted by atomic mass is 9.97. The second kappa shape index (κ2) is 4.81. The smallest absolute Gasteiger partial charge is 0.251 e. The highest BCUT2D eigenvalue weighted by atomic mass is 16.1. The van der Waals surface area contributed by atoms with Crippen LogP contribution in [0.3, 0.4) is 0 Å². The molecule has 1 N–H and O–H groups in total. The molecule has 0 bridgehead atoms. The molecule has 0 aliphatic heterocycles. The van der Waals surface area contributed by atoms with Gasteiger partial charge < -0.3 is 5.32 Å². The van der Waals surface area contributed by atoms with E-state index in [9.17, 15) is 4.79 Å². The van der Waals surface area contributed by atoms with Crippen LogP contribution in [-0.4, -0.2) is 12.5 Å². The molecule has 0 spiro atoms. The fraction of sp³-hybridized carbons (Fsp3) is 0.312. The van der Waals surface area contributed by atoms with Crippen LogP contribution in [0.1, 0.15) is 31.1 Å². The summed E-state index contributed by atoms with van der Waals surface area (Å²) in [4.78, 5) is 12.0. The number of fused-ring (bicyclic) bond motifs is 1. The monoisotopic (exact) mass is 241 g/mol. The number of hydrogen-bond acceptors (Lipinski definition) is 1. The Bertz CT molecular complexity index is 567. The van der Waals surface area contributed by atoms with E-state index in [-0.39, 0.29) is 11.3 Å². The van der Waals surface area contributed by atoms with Crippen LogP contribution in [0.5, 0.6) is 0 Å². The van der Waals surface area contributed by atoms with E-state index in [1.165, 1.54) is 0 Å². The van der Waals surface area contributed by atoms with Gasteiger partial charge in [0.15, 0.2) is 0 Å². The van der Waals surface area contributed by atoms with Crippen LogP contribution in [0.15, 0.2) is 42.5 Å². The average Bonchev–Trinajstić information content (AvgIpc) is 2.34. The van der Waals surface area contributed by atoms with E-state index in [0.29, 0.717) is 6.54 Å². The largest absolute Gasteiger partial charge is 0.352 e. The molecule has 94 valence electrons. The Morgan fingerprint density at radius 2 is 1.72 bits per heavy atom. The van der Waals surface area contributed by atoms with Gasteiger partial charge >= 0.3 is 0 Å². The van der Waals surface area contributed by atoms with Gasteiger partial charge in [-0.05, 0) is 28.3 Å².